The first-order valence-electron chi connectivity index (χ1n) is 8.23. The van der Waals surface area contributed by atoms with Crippen LogP contribution in [0.15, 0.2) is 71.1 Å². The SMILES string of the molecule is NC(=O)C(NC(=O)c1ccc(-c2nc3ccccc3s2)o1)c1ccccc1. The molecule has 4 aromatic rings. The summed E-state index contributed by atoms with van der Waals surface area (Å²) in [5.41, 5.74) is 6.92. The second-order valence-electron chi connectivity index (χ2n) is 5.87. The predicted molar refractivity (Wildman–Crippen MR) is 103 cm³/mol. The van der Waals surface area contributed by atoms with Crippen LogP contribution in [0.3, 0.4) is 0 Å². The molecular weight excluding hydrogens is 362 g/mol. The lowest BCUT2D eigenvalue weighted by atomic mass is 10.1. The Bertz CT molecular complexity index is 1080. The number of primary amides is 1. The summed E-state index contributed by atoms with van der Waals surface area (Å²) in [6, 6.07) is 18.9. The van der Waals surface area contributed by atoms with Crippen molar-refractivity contribution in [1.82, 2.24) is 10.3 Å². The average molecular weight is 377 g/mol. The quantitative estimate of drug-likeness (QED) is 0.556. The molecule has 27 heavy (non-hydrogen) atoms. The van der Waals surface area contributed by atoms with Gasteiger partial charge in [0, 0.05) is 0 Å². The van der Waals surface area contributed by atoms with Gasteiger partial charge in [-0.05, 0) is 29.8 Å². The molecular formula is C20H15N3O3S. The number of fused-ring (bicyclic) bond motifs is 1. The Morgan fingerprint density at radius 2 is 1.74 bits per heavy atom. The summed E-state index contributed by atoms with van der Waals surface area (Å²) in [7, 11) is 0. The molecule has 7 heteroatoms. The van der Waals surface area contributed by atoms with Gasteiger partial charge in [-0.3, -0.25) is 9.59 Å². The number of aromatic nitrogens is 1. The Hall–Kier alpha value is -3.45. The first kappa shape index (κ1) is 17.0. The molecule has 1 atom stereocenters. The van der Waals surface area contributed by atoms with Gasteiger partial charge in [-0.15, -0.1) is 11.3 Å². The number of carbonyl (C=O) groups excluding carboxylic acids is 2. The monoisotopic (exact) mass is 377 g/mol. The van der Waals surface area contributed by atoms with Crippen molar-refractivity contribution >= 4 is 33.4 Å². The summed E-state index contributed by atoms with van der Waals surface area (Å²) in [6.07, 6.45) is 0. The zero-order chi connectivity index (χ0) is 18.8. The summed E-state index contributed by atoms with van der Waals surface area (Å²) in [5.74, 6) is -0.578. The van der Waals surface area contributed by atoms with Gasteiger partial charge in [0.2, 0.25) is 5.91 Å². The minimum absolute atomic E-state index is 0.0893. The first-order chi connectivity index (χ1) is 13.1. The molecule has 2 aromatic heterocycles. The molecule has 3 N–H and O–H groups in total. The zero-order valence-corrected chi connectivity index (χ0v) is 14.9. The number of nitrogens with zero attached hydrogens (tertiary/aromatic N) is 1. The number of hydrogen-bond donors (Lipinski definition) is 2. The third-order valence-electron chi connectivity index (χ3n) is 4.03. The molecule has 1 unspecified atom stereocenters. The number of rotatable bonds is 5. The van der Waals surface area contributed by atoms with Crippen molar-refractivity contribution in [2.75, 3.05) is 0 Å². The molecule has 0 radical (unpaired) electrons. The molecule has 4 rings (SSSR count). The van der Waals surface area contributed by atoms with Gasteiger partial charge >= 0.3 is 0 Å². The van der Waals surface area contributed by atoms with E-state index in [2.05, 4.69) is 10.3 Å². The van der Waals surface area contributed by atoms with E-state index in [4.69, 9.17) is 10.2 Å². The largest absolute Gasteiger partial charge is 0.448 e. The molecule has 6 nitrogen and oxygen atoms in total. The van der Waals surface area contributed by atoms with Crippen LogP contribution in [0.1, 0.15) is 22.2 Å². The van der Waals surface area contributed by atoms with Crippen LogP contribution in [-0.2, 0) is 4.79 Å². The fraction of sp³-hybridized carbons (Fsp3) is 0.0500. The highest BCUT2D eigenvalue weighted by Gasteiger charge is 2.23. The number of furan rings is 1. The topological polar surface area (TPSA) is 98.2 Å². The highest BCUT2D eigenvalue weighted by molar-refractivity contribution is 7.21. The number of benzene rings is 2. The Balaban J connectivity index is 1.57. The molecule has 0 saturated carbocycles. The normalized spacial score (nSPS) is 12.0. The van der Waals surface area contributed by atoms with Crippen LogP contribution in [0.2, 0.25) is 0 Å². The van der Waals surface area contributed by atoms with Crippen LogP contribution >= 0.6 is 11.3 Å². The van der Waals surface area contributed by atoms with Gasteiger partial charge in [0.25, 0.3) is 5.91 Å². The third-order valence-corrected chi connectivity index (χ3v) is 5.08. The maximum Gasteiger partial charge on any atom is 0.287 e. The van der Waals surface area contributed by atoms with Crippen LogP contribution in [0.5, 0.6) is 0 Å². The molecule has 0 saturated heterocycles. The summed E-state index contributed by atoms with van der Waals surface area (Å²) >= 11 is 1.48. The number of nitrogens with one attached hydrogen (secondary N) is 1. The van der Waals surface area contributed by atoms with E-state index in [-0.39, 0.29) is 5.76 Å². The van der Waals surface area contributed by atoms with E-state index >= 15 is 0 Å². The van der Waals surface area contributed by atoms with Crippen molar-refractivity contribution in [3.05, 3.63) is 78.1 Å². The number of nitrogens with two attached hydrogens (primary N) is 1. The second-order valence-corrected chi connectivity index (χ2v) is 6.90. The lowest BCUT2D eigenvalue weighted by Crippen LogP contribution is -2.37. The van der Waals surface area contributed by atoms with Crippen LogP contribution in [0.25, 0.3) is 21.0 Å². The molecule has 0 bridgehead atoms. The number of para-hydroxylation sites is 1. The van der Waals surface area contributed by atoms with Crippen LogP contribution in [-0.4, -0.2) is 16.8 Å². The van der Waals surface area contributed by atoms with Crippen molar-refractivity contribution in [1.29, 1.82) is 0 Å². The van der Waals surface area contributed by atoms with Gasteiger partial charge in [-0.1, -0.05) is 42.5 Å². The van der Waals surface area contributed by atoms with Crippen molar-refractivity contribution in [3.63, 3.8) is 0 Å². The number of hydrogen-bond acceptors (Lipinski definition) is 5. The van der Waals surface area contributed by atoms with E-state index in [0.29, 0.717) is 16.3 Å². The Morgan fingerprint density at radius 3 is 2.48 bits per heavy atom. The number of thiazole rings is 1. The Morgan fingerprint density at radius 1 is 1.00 bits per heavy atom. The van der Waals surface area contributed by atoms with E-state index in [1.807, 2.05) is 30.3 Å². The summed E-state index contributed by atoms with van der Waals surface area (Å²) in [4.78, 5) is 28.8. The van der Waals surface area contributed by atoms with Crippen LogP contribution < -0.4 is 11.1 Å². The molecule has 0 aliphatic rings. The maximum absolute atomic E-state index is 12.5. The lowest BCUT2D eigenvalue weighted by Gasteiger charge is -2.14. The molecule has 0 aliphatic carbocycles. The number of amides is 2. The molecule has 0 aliphatic heterocycles. The van der Waals surface area contributed by atoms with E-state index in [9.17, 15) is 9.59 Å². The minimum Gasteiger partial charge on any atom is -0.448 e. The zero-order valence-electron chi connectivity index (χ0n) is 14.1. The summed E-state index contributed by atoms with van der Waals surface area (Å²) < 4.78 is 6.70. The highest BCUT2D eigenvalue weighted by atomic mass is 32.1. The Labute approximate surface area is 158 Å². The van der Waals surface area contributed by atoms with Crippen molar-refractivity contribution in [2.45, 2.75) is 6.04 Å². The molecule has 2 heterocycles. The van der Waals surface area contributed by atoms with Gasteiger partial charge < -0.3 is 15.5 Å². The summed E-state index contributed by atoms with van der Waals surface area (Å²) in [5, 5.41) is 3.30. The first-order valence-corrected chi connectivity index (χ1v) is 9.04. The van der Waals surface area contributed by atoms with E-state index in [0.717, 1.165) is 10.2 Å². The van der Waals surface area contributed by atoms with Gasteiger partial charge in [0.05, 0.1) is 10.2 Å². The van der Waals surface area contributed by atoms with Crippen molar-refractivity contribution < 1.29 is 14.0 Å². The summed E-state index contributed by atoms with van der Waals surface area (Å²) in [6.45, 7) is 0. The minimum atomic E-state index is -0.935. The second kappa shape index (κ2) is 7.05. The van der Waals surface area contributed by atoms with E-state index in [1.54, 1.807) is 36.4 Å². The molecule has 134 valence electrons. The fourth-order valence-electron chi connectivity index (χ4n) is 2.72. The van der Waals surface area contributed by atoms with Gasteiger partial charge in [0.1, 0.15) is 6.04 Å². The van der Waals surface area contributed by atoms with Crippen molar-refractivity contribution in [2.24, 2.45) is 5.73 Å². The predicted octanol–water partition coefficient (Wildman–Crippen LogP) is 3.51. The van der Waals surface area contributed by atoms with Crippen molar-refractivity contribution in [3.8, 4) is 10.8 Å². The molecule has 2 aromatic carbocycles. The third kappa shape index (κ3) is 3.45. The standard InChI is InChI=1S/C20H15N3O3S/c21-18(24)17(12-6-2-1-3-7-12)23-19(25)14-10-11-15(26-14)20-22-13-8-4-5-9-16(13)27-20/h1-11,17H,(H2,21,24)(H,23,25). The van der Waals surface area contributed by atoms with Gasteiger partial charge in [0.15, 0.2) is 16.5 Å². The molecule has 2 amide bonds. The van der Waals surface area contributed by atoms with E-state index < -0.39 is 17.9 Å². The van der Waals surface area contributed by atoms with E-state index in [1.165, 1.54) is 11.3 Å². The van der Waals surface area contributed by atoms with Gasteiger partial charge in [-0.2, -0.15) is 0 Å². The van der Waals surface area contributed by atoms with Gasteiger partial charge in [-0.25, -0.2) is 4.98 Å². The molecule has 0 fully saturated rings. The number of carbonyl (C=O) groups is 2. The van der Waals surface area contributed by atoms with Crippen LogP contribution in [0.4, 0.5) is 0 Å². The maximum atomic E-state index is 12.5. The van der Waals surface area contributed by atoms with Crippen LogP contribution in [0, 0.1) is 0 Å². The lowest BCUT2D eigenvalue weighted by molar-refractivity contribution is -0.120. The highest BCUT2D eigenvalue weighted by Crippen LogP contribution is 2.31. The molecule has 0 spiro atoms. The fourth-order valence-corrected chi connectivity index (χ4v) is 3.65. The Kier molecular flexibility index (Phi) is 4.43. The average Bonchev–Trinajstić information content (AvgIpc) is 3.33. The smallest absolute Gasteiger partial charge is 0.287 e.